The van der Waals surface area contributed by atoms with Crippen LogP contribution in [-0.2, 0) is 42.1 Å². The van der Waals surface area contributed by atoms with E-state index in [4.69, 9.17) is 19.7 Å². The number of hydrogen-bond donors (Lipinski definition) is 0. The van der Waals surface area contributed by atoms with Gasteiger partial charge in [0.05, 0.1) is 22.7 Å². The van der Waals surface area contributed by atoms with Crippen molar-refractivity contribution >= 4 is 96.4 Å². The van der Waals surface area contributed by atoms with Crippen LogP contribution in [-0.4, -0.2) is 61.5 Å². The van der Waals surface area contributed by atoms with Crippen molar-refractivity contribution in [2.75, 3.05) is 0 Å². The van der Waals surface area contributed by atoms with Crippen LogP contribution in [0.1, 0.15) is 0 Å². The molecule has 20 rings (SSSR count). The molecule has 0 fully saturated rings. The summed E-state index contributed by atoms with van der Waals surface area (Å²) in [5.74, 6) is 4.86. The first kappa shape index (κ1) is 58.8. The molecule has 15 heteroatoms. The van der Waals surface area contributed by atoms with Gasteiger partial charge in [-0.1, -0.05) is 78.3 Å². The van der Waals surface area contributed by atoms with Gasteiger partial charge >= 0.3 is 281 Å². The zero-order valence-corrected chi connectivity index (χ0v) is 57.3. The molecule has 0 radical (unpaired) electrons. The predicted octanol–water partition coefficient (Wildman–Crippen LogP) is 15.3. The molecule has 8 aromatic heterocycles. The monoisotopic (exact) mass is 1660 g/mol. The number of fused-ring (bicyclic) bond motifs is 19. The van der Waals surface area contributed by atoms with Gasteiger partial charge in [-0.2, -0.15) is 17.2 Å². The molecular weight excluding hydrogens is 1610 g/mol. The van der Waals surface area contributed by atoms with Crippen molar-refractivity contribution in [3.8, 4) is 74.2 Å². The van der Waals surface area contributed by atoms with E-state index in [-0.39, 0.29) is 42.1 Å². The second-order valence-electron chi connectivity index (χ2n) is 23.3. The summed E-state index contributed by atoms with van der Waals surface area (Å²) >= 11 is -3.29. The molecule has 0 aliphatic carbocycles. The van der Waals surface area contributed by atoms with Gasteiger partial charge in [0.15, 0.2) is 0 Å². The summed E-state index contributed by atoms with van der Waals surface area (Å²) < 4.78 is 29.1. The molecule has 0 N–H and O–H groups in total. The Balaban J connectivity index is 0.000000143. The van der Waals surface area contributed by atoms with Gasteiger partial charge in [0.1, 0.15) is 11.6 Å². The fraction of sp³-hybridized carbons (Fsp3) is 0. The van der Waals surface area contributed by atoms with Crippen LogP contribution in [0.15, 0.2) is 292 Å². The van der Waals surface area contributed by atoms with E-state index in [1.807, 2.05) is 132 Å². The van der Waals surface area contributed by atoms with E-state index in [1.54, 1.807) is 12.4 Å². The smallest absolute Gasteiger partial charge is 0.137 e. The molecule has 0 saturated heterocycles. The van der Waals surface area contributed by atoms with Gasteiger partial charge in [0.25, 0.3) is 0 Å². The quantitative estimate of drug-likeness (QED) is 0.105. The molecule has 96 heavy (non-hydrogen) atoms. The van der Waals surface area contributed by atoms with Crippen molar-refractivity contribution in [2.24, 2.45) is 0 Å². The molecule has 2 aliphatic heterocycles. The number of ether oxygens (including phenoxy) is 2. The Morgan fingerprint density at radius 1 is 0.302 bits per heavy atom. The summed E-state index contributed by atoms with van der Waals surface area (Å²) in [5.41, 5.74) is 13.7. The number of para-hydroxylation sites is 3. The Bertz CT molecular complexity index is 6000. The van der Waals surface area contributed by atoms with Gasteiger partial charge in [-0.25, -0.2) is 15.0 Å². The van der Waals surface area contributed by atoms with Crippen LogP contribution in [0.25, 0.3) is 117 Å². The molecule has 10 heterocycles. The fourth-order valence-electron chi connectivity index (χ4n) is 14.5. The van der Waals surface area contributed by atoms with Crippen LogP contribution >= 0.6 is 0 Å². The number of rotatable bonds is 9. The summed E-state index contributed by atoms with van der Waals surface area (Å²) in [6, 6.07) is 104. The molecule has 10 aromatic carbocycles. The van der Waals surface area contributed by atoms with Crippen molar-refractivity contribution in [1.29, 1.82) is 0 Å². The van der Waals surface area contributed by atoms with E-state index in [1.165, 1.54) is 34.3 Å². The second kappa shape index (κ2) is 23.8. The normalized spacial score (nSPS) is 12.3. The molecule has 0 saturated carbocycles. The first-order valence-corrected chi connectivity index (χ1v) is 35.2. The zero-order chi connectivity index (χ0) is 61.8. The third-order valence-electron chi connectivity index (χ3n) is 18.3. The van der Waals surface area contributed by atoms with Gasteiger partial charge in [-0.3, -0.25) is 9.25 Å². The third-order valence-corrected chi connectivity index (χ3v) is 28.5. The average molecular weight is 1660 g/mol. The topological polar surface area (TPSA) is 108 Å². The summed E-state index contributed by atoms with van der Waals surface area (Å²) in [7, 11) is 0. The van der Waals surface area contributed by atoms with Gasteiger partial charge in [-0.05, 0) is 65.7 Å². The fourth-order valence-corrected chi connectivity index (χ4v) is 26.0. The molecule has 0 unspecified atom stereocenters. The first-order chi connectivity index (χ1) is 46.6. The number of hydrogen-bond acceptors (Lipinski definition) is 7. The summed E-state index contributed by atoms with van der Waals surface area (Å²) in [5, 5.41) is 15.4. The largest absolute Gasteiger partial charge is 0.509 e. The molecule has 1 spiro atoms. The van der Waals surface area contributed by atoms with E-state index < -0.39 is 13.3 Å². The Kier molecular flexibility index (Phi) is 14.6. The SMILES string of the molecule is [Pt+2].[Pt+2].[c-]1c(Oc2[c-]c3c(cc2)c2ccccc2n3-c2ccccn2)cccc1-n1nc[c]2c1-c1cccc[c]1[Ge]21[c]2ccccc2-c2cccc[c]21.[c-]1c(Oc2[c-]c3c(cc2)c2ccccc2n3-c2ccccn2)cccc1-n1ncc2c1c1ccccc1n2-c1ccccn1. The molecule has 0 amide bonds. The van der Waals surface area contributed by atoms with Crippen LogP contribution in [0, 0.1) is 24.3 Å². The number of pyridine rings is 3. The summed E-state index contributed by atoms with van der Waals surface area (Å²) in [4.78, 5) is 13.9. The Hall–Kier alpha value is -11.0. The van der Waals surface area contributed by atoms with Crippen molar-refractivity contribution in [1.82, 2.24) is 48.2 Å². The maximum absolute atomic E-state index is 6.51. The summed E-state index contributed by atoms with van der Waals surface area (Å²) in [6.45, 7) is 0. The minimum absolute atomic E-state index is 0. The van der Waals surface area contributed by atoms with Gasteiger partial charge in [0.2, 0.25) is 0 Å². The minimum Gasteiger partial charge on any atom is -0.509 e. The molecule has 18 aromatic rings. The molecule has 12 nitrogen and oxygen atoms in total. The molecule has 458 valence electrons. The van der Waals surface area contributed by atoms with Crippen LogP contribution in [0.3, 0.4) is 0 Å². The van der Waals surface area contributed by atoms with Gasteiger partial charge < -0.3 is 9.30 Å². The van der Waals surface area contributed by atoms with Gasteiger partial charge in [0, 0.05) is 41.0 Å². The van der Waals surface area contributed by atoms with Gasteiger partial charge in [-0.15, -0.1) is 35.7 Å². The third kappa shape index (κ3) is 9.14. The Morgan fingerprint density at radius 3 is 1.24 bits per heavy atom. The average Bonchev–Trinajstić information content (AvgIpc) is 1.50. The molecule has 0 atom stereocenters. The number of nitrogens with zero attached hydrogens (tertiary/aromatic N) is 10. The minimum atomic E-state index is -3.29. The van der Waals surface area contributed by atoms with E-state index in [0.717, 1.165) is 100 Å². The van der Waals surface area contributed by atoms with Crippen LogP contribution in [0.5, 0.6) is 23.0 Å². The maximum atomic E-state index is 6.51. The Morgan fingerprint density at radius 2 is 0.719 bits per heavy atom. The first-order valence-electron chi connectivity index (χ1n) is 31.1. The standard InChI is InChI=1S/C44H26GeN4O.C37H22N6O.2Pt/c1-5-18-37-32(14-1)33-15-2-6-19-38(33)45(37)39-20-7-3-17-36(39)44-40(45)28-47-49(44)29-12-11-13-30(26-29)50-31-23-24-35-34-16-4-8-21-41(34)48(42(35)27-31)43-22-9-10-25-46-43;1-3-14-31-28(12-1)29-19-18-27(23-33(29)41(31)35-16-5-7-20-38-35)44-26-11-9-10-25(22-26)43-37-30-13-2-4-15-32(30)42(34(37)24-40-43)36-17-6-8-21-39-36;;/h1-25,28H;1-21,24H;;/q2*-2;2*+2. The second-order valence-corrected chi connectivity index (χ2v) is 31.0. The number of benzene rings is 10. The van der Waals surface area contributed by atoms with E-state index in [0.29, 0.717) is 23.0 Å². The van der Waals surface area contributed by atoms with E-state index >= 15 is 0 Å². The van der Waals surface area contributed by atoms with Crippen molar-refractivity contribution in [2.45, 2.75) is 0 Å². The summed E-state index contributed by atoms with van der Waals surface area (Å²) in [6.07, 6.45) is 9.43. The van der Waals surface area contributed by atoms with Crippen LogP contribution in [0.4, 0.5) is 0 Å². The zero-order valence-electron chi connectivity index (χ0n) is 50.6. The Labute approximate surface area is 581 Å². The van der Waals surface area contributed by atoms with Crippen LogP contribution < -0.4 is 27.1 Å². The van der Waals surface area contributed by atoms with Crippen molar-refractivity contribution in [3.05, 3.63) is 316 Å². The molecule has 2 aliphatic rings. The number of aromatic nitrogens is 10. The molecule has 0 bridgehead atoms. The molecular formula is C81H48GeN10O2Pt2. The van der Waals surface area contributed by atoms with Crippen molar-refractivity contribution < 1.29 is 51.6 Å². The maximum Gasteiger partial charge on any atom is 0.137 e. The predicted molar refractivity (Wildman–Crippen MR) is 374 cm³/mol. The van der Waals surface area contributed by atoms with E-state index in [2.05, 4.69) is 209 Å². The van der Waals surface area contributed by atoms with E-state index in [9.17, 15) is 0 Å². The van der Waals surface area contributed by atoms with Crippen LogP contribution in [0.2, 0.25) is 0 Å². The van der Waals surface area contributed by atoms with Crippen molar-refractivity contribution in [3.63, 3.8) is 0 Å².